The van der Waals surface area contributed by atoms with Gasteiger partial charge in [-0.3, -0.25) is 4.68 Å². The van der Waals surface area contributed by atoms with Gasteiger partial charge in [0.25, 0.3) is 0 Å². The van der Waals surface area contributed by atoms with Crippen LogP contribution in [0.3, 0.4) is 0 Å². The summed E-state index contributed by atoms with van der Waals surface area (Å²) in [5.41, 5.74) is 4.30. The molecule has 40 heavy (non-hydrogen) atoms. The maximum absolute atomic E-state index is 5.59. The van der Waals surface area contributed by atoms with Gasteiger partial charge in [0.1, 0.15) is 23.1 Å². The molecule has 0 radical (unpaired) electrons. The number of methoxy groups -OCH3 is 2. The summed E-state index contributed by atoms with van der Waals surface area (Å²) >= 11 is 0. The SMILES string of the molecule is CNc1ccc2nnc(-c3cc(-c4cnn(C5CCNCC5)c4)cnc3NCc3ccc(OC)cc3OC)n2n1. The molecule has 12 nitrogen and oxygen atoms in total. The van der Waals surface area contributed by atoms with E-state index in [1.54, 1.807) is 18.7 Å². The first-order chi connectivity index (χ1) is 19.7. The van der Waals surface area contributed by atoms with Gasteiger partial charge in [-0.15, -0.1) is 15.3 Å². The second-order valence-corrected chi connectivity index (χ2v) is 9.60. The number of nitrogens with one attached hydrogen (secondary N) is 3. The molecule has 4 aromatic heterocycles. The van der Waals surface area contributed by atoms with Crippen molar-refractivity contribution in [3.8, 4) is 34.0 Å². The van der Waals surface area contributed by atoms with E-state index >= 15 is 0 Å². The van der Waals surface area contributed by atoms with Crippen molar-refractivity contribution in [3.63, 3.8) is 0 Å². The molecule has 0 aliphatic carbocycles. The Labute approximate surface area is 231 Å². The quantitative estimate of drug-likeness (QED) is 0.255. The summed E-state index contributed by atoms with van der Waals surface area (Å²) in [6, 6.07) is 12.0. The highest BCUT2D eigenvalue weighted by molar-refractivity contribution is 5.77. The highest BCUT2D eigenvalue weighted by atomic mass is 16.5. The fraction of sp³-hybridized carbons (Fsp3) is 0.321. The summed E-state index contributed by atoms with van der Waals surface area (Å²) in [4.78, 5) is 4.84. The van der Waals surface area contributed by atoms with E-state index in [0.29, 0.717) is 35.7 Å². The molecule has 5 aromatic rings. The number of hydrogen-bond donors (Lipinski definition) is 3. The van der Waals surface area contributed by atoms with Gasteiger partial charge in [0.05, 0.1) is 32.0 Å². The van der Waals surface area contributed by atoms with Crippen molar-refractivity contribution in [2.75, 3.05) is 45.0 Å². The lowest BCUT2D eigenvalue weighted by molar-refractivity contribution is 0.343. The van der Waals surface area contributed by atoms with Crippen LogP contribution in [0.5, 0.6) is 11.5 Å². The average Bonchev–Trinajstić information content (AvgIpc) is 3.68. The fourth-order valence-electron chi connectivity index (χ4n) is 4.96. The number of hydrogen-bond acceptors (Lipinski definition) is 10. The van der Waals surface area contributed by atoms with Crippen molar-refractivity contribution in [1.82, 2.24) is 39.9 Å². The minimum Gasteiger partial charge on any atom is -0.497 e. The van der Waals surface area contributed by atoms with Gasteiger partial charge in [-0.1, -0.05) is 0 Å². The van der Waals surface area contributed by atoms with Gasteiger partial charge in [-0.25, -0.2) is 4.98 Å². The molecule has 1 fully saturated rings. The van der Waals surface area contributed by atoms with Gasteiger partial charge in [0.15, 0.2) is 11.5 Å². The molecule has 206 valence electrons. The highest BCUT2D eigenvalue weighted by Crippen LogP contribution is 2.32. The highest BCUT2D eigenvalue weighted by Gasteiger charge is 2.20. The van der Waals surface area contributed by atoms with Crippen LogP contribution in [0.15, 0.2) is 55.0 Å². The molecule has 3 N–H and O–H groups in total. The van der Waals surface area contributed by atoms with Crippen LogP contribution >= 0.6 is 0 Å². The minimum atomic E-state index is 0.396. The van der Waals surface area contributed by atoms with Crippen LogP contribution in [0.1, 0.15) is 24.4 Å². The van der Waals surface area contributed by atoms with E-state index in [1.807, 2.05) is 49.8 Å². The number of piperidine rings is 1. The molecular weight excluding hydrogens is 508 g/mol. The van der Waals surface area contributed by atoms with Gasteiger partial charge >= 0.3 is 0 Å². The van der Waals surface area contributed by atoms with Crippen LogP contribution in [0, 0.1) is 0 Å². The zero-order valence-electron chi connectivity index (χ0n) is 22.8. The molecule has 0 unspecified atom stereocenters. The number of fused-ring (bicyclic) bond motifs is 1. The first kappa shape index (κ1) is 25.6. The number of nitrogens with zero attached hydrogens (tertiary/aromatic N) is 7. The molecule has 5 heterocycles. The molecule has 6 rings (SSSR count). The number of ether oxygens (including phenoxy) is 2. The Morgan fingerprint density at radius 1 is 1.00 bits per heavy atom. The monoisotopic (exact) mass is 540 g/mol. The van der Waals surface area contributed by atoms with Crippen LogP contribution in [0.4, 0.5) is 11.6 Å². The standard InChI is InChI=1S/C28H32N10O2/c1-29-25-6-7-26-34-35-28(38(26)36-25)23-12-19(20-16-33-37(17-20)21-8-10-30-11-9-21)15-32-27(23)31-14-18-4-5-22(39-2)13-24(18)40-3/h4-7,12-13,15-17,21,30H,8-11,14H2,1-3H3,(H,29,36)(H,31,32). The van der Waals surface area contributed by atoms with E-state index in [9.17, 15) is 0 Å². The van der Waals surface area contributed by atoms with Crippen molar-refractivity contribution >= 4 is 17.3 Å². The maximum atomic E-state index is 5.59. The summed E-state index contributed by atoms with van der Waals surface area (Å²) < 4.78 is 14.7. The predicted molar refractivity (Wildman–Crippen MR) is 153 cm³/mol. The Balaban J connectivity index is 1.38. The van der Waals surface area contributed by atoms with Gasteiger partial charge in [0, 0.05) is 48.7 Å². The smallest absolute Gasteiger partial charge is 0.189 e. The van der Waals surface area contributed by atoms with Crippen LogP contribution in [-0.2, 0) is 6.54 Å². The second kappa shape index (κ2) is 11.2. The summed E-state index contributed by atoms with van der Waals surface area (Å²) in [6.45, 7) is 2.49. The normalized spacial score (nSPS) is 13.9. The average molecular weight is 541 g/mol. The largest absolute Gasteiger partial charge is 0.497 e. The number of rotatable bonds is 9. The van der Waals surface area contributed by atoms with Crippen LogP contribution in [-0.4, -0.2) is 68.9 Å². The van der Waals surface area contributed by atoms with Gasteiger partial charge in [-0.05, 0) is 56.3 Å². The van der Waals surface area contributed by atoms with Crippen molar-refractivity contribution in [2.45, 2.75) is 25.4 Å². The lowest BCUT2D eigenvalue weighted by Crippen LogP contribution is -2.29. The van der Waals surface area contributed by atoms with E-state index in [1.165, 1.54) is 0 Å². The third-order valence-electron chi connectivity index (χ3n) is 7.21. The van der Waals surface area contributed by atoms with E-state index in [2.05, 4.69) is 53.3 Å². The van der Waals surface area contributed by atoms with E-state index < -0.39 is 0 Å². The Morgan fingerprint density at radius 2 is 1.88 bits per heavy atom. The second-order valence-electron chi connectivity index (χ2n) is 9.60. The molecule has 0 saturated carbocycles. The Bertz CT molecular complexity index is 1620. The Morgan fingerprint density at radius 3 is 2.67 bits per heavy atom. The molecule has 1 aliphatic rings. The van der Waals surface area contributed by atoms with E-state index in [4.69, 9.17) is 14.5 Å². The van der Waals surface area contributed by atoms with Crippen molar-refractivity contribution < 1.29 is 9.47 Å². The number of benzene rings is 1. The van der Waals surface area contributed by atoms with Crippen LogP contribution in [0.25, 0.3) is 28.2 Å². The minimum absolute atomic E-state index is 0.396. The molecule has 0 bridgehead atoms. The molecule has 0 spiro atoms. The number of pyridine rings is 1. The van der Waals surface area contributed by atoms with Crippen molar-refractivity contribution in [3.05, 3.63) is 60.6 Å². The molecule has 0 amide bonds. The predicted octanol–water partition coefficient (Wildman–Crippen LogP) is 3.65. The summed E-state index contributed by atoms with van der Waals surface area (Å²) in [6.07, 6.45) is 7.99. The molecular formula is C28H32N10O2. The lowest BCUT2D eigenvalue weighted by Gasteiger charge is -2.22. The van der Waals surface area contributed by atoms with Crippen LogP contribution < -0.4 is 25.4 Å². The summed E-state index contributed by atoms with van der Waals surface area (Å²) in [7, 11) is 5.11. The van der Waals surface area contributed by atoms with Crippen molar-refractivity contribution in [1.29, 1.82) is 0 Å². The Hall–Kier alpha value is -4.71. The Kier molecular flexibility index (Phi) is 7.15. The number of aromatic nitrogens is 7. The fourth-order valence-corrected chi connectivity index (χ4v) is 4.96. The number of anilines is 2. The first-order valence-corrected chi connectivity index (χ1v) is 13.3. The zero-order valence-corrected chi connectivity index (χ0v) is 22.8. The molecule has 1 aliphatic heterocycles. The molecule has 1 aromatic carbocycles. The summed E-state index contributed by atoms with van der Waals surface area (Å²) in [5.74, 6) is 3.40. The van der Waals surface area contributed by atoms with Gasteiger partial charge in [0.2, 0.25) is 0 Å². The molecule has 12 heteroatoms. The lowest BCUT2D eigenvalue weighted by atomic mass is 10.1. The molecule has 1 saturated heterocycles. The third-order valence-corrected chi connectivity index (χ3v) is 7.21. The zero-order chi connectivity index (χ0) is 27.5. The van der Waals surface area contributed by atoms with Crippen LogP contribution in [0.2, 0.25) is 0 Å². The van der Waals surface area contributed by atoms with Gasteiger partial charge in [-0.2, -0.15) is 9.61 Å². The van der Waals surface area contributed by atoms with E-state index in [-0.39, 0.29) is 0 Å². The summed E-state index contributed by atoms with van der Waals surface area (Å²) in [5, 5.41) is 28.2. The van der Waals surface area contributed by atoms with Gasteiger partial charge < -0.3 is 25.4 Å². The maximum Gasteiger partial charge on any atom is 0.189 e. The topological polar surface area (TPSA) is 128 Å². The molecule has 0 atom stereocenters. The van der Waals surface area contributed by atoms with Crippen molar-refractivity contribution in [2.24, 2.45) is 0 Å². The first-order valence-electron chi connectivity index (χ1n) is 13.3. The third kappa shape index (κ3) is 5.00. The van der Waals surface area contributed by atoms with E-state index in [0.717, 1.165) is 59.7 Å².